The van der Waals surface area contributed by atoms with Crippen LogP contribution in [0.3, 0.4) is 0 Å². The molecule has 0 unspecified atom stereocenters. The Hall–Kier alpha value is -3.38. The number of para-hydroxylation sites is 1. The number of hydrogen-bond acceptors (Lipinski definition) is 6. The molecule has 0 saturated heterocycles. The largest absolute Gasteiger partial charge is 0.435 e. The number of pyridine rings is 1. The monoisotopic (exact) mass is 363 g/mol. The molecule has 2 aromatic carbocycles. The lowest BCUT2D eigenvalue weighted by Gasteiger charge is -2.12. The summed E-state index contributed by atoms with van der Waals surface area (Å²) in [4.78, 5) is 12.7. The van der Waals surface area contributed by atoms with Crippen LogP contribution in [-0.4, -0.2) is 15.0 Å². The molecule has 0 spiro atoms. The Kier molecular flexibility index (Phi) is 4.25. The molecule has 3 N–H and O–H groups in total. The Labute approximate surface area is 154 Å². The van der Waals surface area contributed by atoms with Gasteiger partial charge in [0, 0.05) is 22.3 Å². The van der Waals surface area contributed by atoms with Crippen LogP contribution in [0.2, 0.25) is 5.02 Å². The predicted molar refractivity (Wildman–Crippen MR) is 103 cm³/mol. The zero-order valence-corrected chi connectivity index (χ0v) is 14.3. The molecule has 4 rings (SSSR count). The number of anilines is 3. The van der Waals surface area contributed by atoms with Crippen molar-refractivity contribution >= 4 is 39.7 Å². The van der Waals surface area contributed by atoms with Crippen molar-refractivity contribution in [3.63, 3.8) is 0 Å². The van der Waals surface area contributed by atoms with Crippen LogP contribution >= 0.6 is 11.6 Å². The van der Waals surface area contributed by atoms with Crippen molar-refractivity contribution in [2.75, 3.05) is 11.1 Å². The summed E-state index contributed by atoms with van der Waals surface area (Å²) in [6.07, 6.45) is 3.11. The Morgan fingerprint density at radius 1 is 0.923 bits per heavy atom. The van der Waals surface area contributed by atoms with Gasteiger partial charge in [0.25, 0.3) is 0 Å². The molecule has 0 atom stereocenters. The van der Waals surface area contributed by atoms with Crippen LogP contribution in [0.15, 0.2) is 67.1 Å². The fraction of sp³-hybridized carbons (Fsp3) is 0. The highest BCUT2D eigenvalue weighted by atomic mass is 35.5. The van der Waals surface area contributed by atoms with Gasteiger partial charge in [0.05, 0.1) is 0 Å². The SMILES string of the molecule is Nc1c(Nc2ccc(Cl)cc2)ncnc1Oc1cccc2cccnc12. The van der Waals surface area contributed by atoms with Gasteiger partial charge in [-0.05, 0) is 36.4 Å². The second-order valence-corrected chi connectivity index (χ2v) is 5.94. The maximum Gasteiger partial charge on any atom is 0.248 e. The number of rotatable bonds is 4. The number of halogens is 1. The first-order valence-corrected chi connectivity index (χ1v) is 8.23. The molecule has 0 radical (unpaired) electrons. The Balaban J connectivity index is 1.66. The number of aromatic nitrogens is 3. The second kappa shape index (κ2) is 6.85. The van der Waals surface area contributed by atoms with Crippen LogP contribution in [0.1, 0.15) is 0 Å². The molecule has 2 heterocycles. The molecular weight excluding hydrogens is 350 g/mol. The molecule has 0 aliphatic carbocycles. The summed E-state index contributed by atoms with van der Waals surface area (Å²) < 4.78 is 5.92. The van der Waals surface area contributed by atoms with Crippen LogP contribution in [0.4, 0.5) is 17.2 Å². The van der Waals surface area contributed by atoms with Gasteiger partial charge in [0.2, 0.25) is 5.88 Å². The van der Waals surface area contributed by atoms with Crippen molar-refractivity contribution in [1.29, 1.82) is 0 Å². The van der Waals surface area contributed by atoms with Gasteiger partial charge in [-0.25, -0.2) is 4.98 Å². The lowest BCUT2D eigenvalue weighted by atomic mass is 10.2. The van der Waals surface area contributed by atoms with E-state index in [-0.39, 0.29) is 5.88 Å². The molecule has 128 valence electrons. The van der Waals surface area contributed by atoms with Gasteiger partial charge in [-0.15, -0.1) is 0 Å². The summed E-state index contributed by atoms with van der Waals surface area (Å²) in [7, 11) is 0. The zero-order chi connectivity index (χ0) is 17.9. The van der Waals surface area contributed by atoms with Crippen molar-refractivity contribution in [3.8, 4) is 11.6 Å². The van der Waals surface area contributed by atoms with Crippen LogP contribution < -0.4 is 15.8 Å². The van der Waals surface area contributed by atoms with Gasteiger partial charge in [-0.1, -0.05) is 29.8 Å². The van der Waals surface area contributed by atoms with Gasteiger partial charge < -0.3 is 15.8 Å². The Morgan fingerprint density at radius 3 is 2.58 bits per heavy atom. The smallest absolute Gasteiger partial charge is 0.248 e. The highest BCUT2D eigenvalue weighted by Gasteiger charge is 2.12. The summed E-state index contributed by atoms with van der Waals surface area (Å²) in [5.74, 6) is 1.28. The van der Waals surface area contributed by atoms with Crippen molar-refractivity contribution in [3.05, 3.63) is 72.1 Å². The summed E-state index contributed by atoms with van der Waals surface area (Å²) in [6.45, 7) is 0. The molecule has 0 bridgehead atoms. The molecule has 4 aromatic rings. The molecule has 2 aromatic heterocycles. The minimum atomic E-state index is 0.259. The van der Waals surface area contributed by atoms with Crippen molar-refractivity contribution in [2.45, 2.75) is 0 Å². The van der Waals surface area contributed by atoms with E-state index < -0.39 is 0 Å². The number of fused-ring (bicyclic) bond motifs is 1. The Morgan fingerprint density at radius 2 is 1.73 bits per heavy atom. The fourth-order valence-electron chi connectivity index (χ4n) is 2.49. The summed E-state index contributed by atoms with van der Waals surface area (Å²) in [5, 5.41) is 4.75. The number of nitrogens with one attached hydrogen (secondary N) is 1. The third kappa shape index (κ3) is 3.22. The van der Waals surface area contributed by atoms with E-state index in [2.05, 4.69) is 20.3 Å². The maximum atomic E-state index is 6.19. The molecule has 0 aliphatic rings. The van der Waals surface area contributed by atoms with Gasteiger partial charge in [0.1, 0.15) is 17.5 Å². The molecule has 0 amide bonds. The van der Waals surface area contributed by atoms with Gasteiger partial charge in [0.15, 0.2) is 11.6 Å². The molecule has 0 saturated carbocycles. The number of nitrogens with two attached hydrogens (primary N) is 1. The van der Waals surface area contributed by atoms with Gasteiger partial charge in [-0.2, -0.15) is 4.98 Å². The molecule has 26 heavy (non-hydrogen) atoms. The van der Waals surface area contributed by atoms with Gasteiger partial charge >= 0.3 is 0 Å². The lowest BCUT2D eigenvalue weighted by molar-refractivity contribution is 0.469. The lowest BCUT2D eigenvalue weighted by Crippen LogP contribution is -2.03. The quantitative estimate of drug-likeness (QED) is 0.541. The molecular formula is C19H14ClN5O. The standard InChI is InChI=1S/C19H14ClN5O/c20-13-6-8-14(9-7-13)25-18-16(21)19(24-11-23-18)26-15-5-1-3-12-4-2-10-22-17(12)15/h1-11H,21H2,(H,23,24,25). The van der Waals surface area contributed by atoms with Crippen LogP contribution in [0.5, 0.6) is 11.6 Å². The number of hydrogen-bond donors (Lipinski definition) is 2. The van der Waals surface area contributed by atoms with Crippen LogP contribution in [0, 0.1) is 0 Å². The maximum absolute atomic E-state index is 6.19. The first-order valence-electron chi connectivity index (χ1n) is 7.85. The zero-order valence-electron chi connectivity index (χ0n) is 13.6. The number of nitrogens with zero attached hydrogens (tertiary/aromatic N) is 3. The van der Waals surface area contributed by atoms with Crippen molar-refractivity contribution < 1.29 is 4.74 Å². The van der Waals surface area contributed by atoms with E-state index in [1.807, 2.05) is 42.5 Å². The third-order valence-electron chi connectivity index (χ3n) is 3.76. The van der Waals surface area contributed by atoms with Crippen LogP contribution in [-0.2, 0) is 0 Å². The highest BCUT2D eigenvalue weighted by Crippen LogP contribution is 2.33. The first-order chi connectivity index (χ1) is 12.7. The number of nitrogen functional groups attached to an aromatic ring is 1. The molecule has 0 aliphatic heterocycles. The molecule has 7 heteroatoms. The highest BCUT2D eigenvalue weighted by molar-refractivity contribution is 6.30. The summed E-state index contributed by atoms with van der Waals surface area (Å²) >= 11 is 5.91. The van der Waals surface area contributed by atoms with E-state index in [9.17, 15) is 0 Å². The minimum absolute atomic E-state index is 0.259. The van der Waals surface area contributed by atoms with Crippen molar-refractivity contribution in [2.24, 2.45) is 0 Å². The van der Waals surface area contributed by atoms with Gasteiger partial charge in [-0.3, -0.25) is 4.98 Å². The van der Waals surface area contributed by atoms with E-state index in [1.54, 1.807) is 18.3 Å². The second-order valence-electron chi connectivity index (χ2n) is 5.51. The van der Waals surface area contributed by atoms with Crippen LogP contribution in [0.25, 0.3) is 10.9 Å². The van der Waals surface area contributed by atoms with E-state index in [1.165, 1.54) is 6.33 Å². The number of benzene rings is 2. The topological polar surface area (TPSA) is 86.0 Å². The average Bonchev–Trinajstić information content (AvgIpc) is 2.67. The Bertz CT molecular complexity index is 1060. The minimum Gasteiger partial charge on any atom is -0.435 e. The summed E-state index contributed by atoms with van der Waals surface area (Å²) in [6, 6.07) is 16.7. The predicted octanol–water partition coefficient (Wildman–Crippen LogP) is 4.80. The summed E-state index contributed by atoms with van der Waals surface area (Å²) in [5.41, 5.74) is 8.03. The fourth-order valence-corrected chi connectivity index (χ4v) is 2.62. The number of ether oxygens (including phenoxy) is 1. The van der Waals surface area contributed by atoms with Crippen molar-refractivity contribution in [1.82, 2.24) is 15.0 Å². The van der Waals surface area contributed by atoms with E-state index in [4.69, 9.17) is 22.1 Å². The van der Waals surface area contributed by atoms with E-state index in [0.29, 0.717) is 22.3 Å². The molecule has 0 fully saturated rings. The molecule has 6 nitrogen and oxygen atoms in total. The van der Waals surface area contributed by atoms with E-state index in [0.717, 1.165) is 16.6 Å². The first kappa shape index (κ1) is 16.1. The normalized spacial score (nSPS) is 10.7. The average molecular weight is 364 g/mol. The van der Waals surface area contributed by atoms with E-state index >= 15 is 0 Å². The third-order valence-corrected chi connectivity index (χ3v) is 4.01.